The average molecular weight is 269 g/mol. The molecule has 0 heterocycles. The summed E-state index contributed by atoms with van der Waals surface area (Å²) in [5.41, 5.74) is 2.75. The van der Waals surface area contributed by atoms with Crippen molar-refractivity contribution in [2.24, 2.45) is 0 Å². The van der Waals surface area contributed by atoms with Crippen LogP contribution in [0.2, 0.25) is 0 Å². The largest absolute Gasteiger partial charge is 0.478 e. The Kier molecular flexibility index (Phi) is 3.84. The van der Waals surface area contributed by atoms with Gasteiger partial charge in [0.25, 0.3) is 5.91 Å². The third-order valence-corrected chi connectivity index (χ3v) is 3.19. The number of aromatic carboxylic acids is 1. The Morgan fingerprint density at radius 1 is 1.05 bits per heavy atom. The molecular weight excluding hydrogens is 254 g/mol. The van der Waals surface area contributed by atoms with Crippen LogP contribution in [-0.4, -0.2) is 17.0 Å². The lowest BCUT2D eigenvalue weighted by atomic mass is 10.0. The highest BCUT2D eigenvalue weighted by molar-refractivity contribution is 6.05. The maximum absolute atomic E-state index is 12.0. The van der Waals surface area contributed by atoms with Crippen LogP contribution in [0.15, 0.2) is 42.5 Å². The van der Waals surface area contributed by atoms with Crippen LogP contribution < -0.4 is 5.32 Å². The van der Waals surface area contributed by atoms with Crippen molar-refractivity contribution in [1.82, 2.24) is 0 Å². The van der Waals surface area contributed by atoms with Gasteiger partial charge in [-0.15, -0.1) is 0 Å². The van der Waals surface area contributed by atoms with E-state index < -0.39 is 5.97 Å². The normalized spacial score (nSPS) is 10.1. The standard InChI is InChI=1S/C16H15NO3/c1-10-8-13(9-14(11(10)2)16(19)20)17-15(18)12-6-4-3-5-7-12/h3-9H,1-2H3,(H,17,18)(H,19,20). The first kappa shape index (κ1) is 13.8. The summed E-state index contributed by atoms with van der Waals surface area (Å²) in [7, 11) is 0. The smallest absolute Gasteiger partial charge is 0.336 e. The molecule has 0 fully saturated rings. The molecule has 20 heavy (non-hydrogen) atoms. The average Bonchev–Trinajstić information content (AvgIpc) is 2.43. The minimum absolute atomic E-state index is 0.202. The summed E-state index contributed by atoms with van der Waals surface area (Å²) >= 11 is 0. The number of carbonyl (C=O) groups is 2. The number of aryl methyl sites for hydroxylation is 1. The molecule has 4 heteroatoms. The van der Waals surface area contributed by atoms with E-state index in [4.69, 9.17) is 5.11 Å². The van der Waals surface area contributed by atoms with Gasteiger partial charge >= 0.3 is 5.97 Å². The summed E-state index contributed by atoms with van der Waals surface area (Å²) in [6, 6.07) is 12.0. The Morgan fingerprint density at radius 3 is 2.30 bits per heavy atom. The van der Waals surface area contributed by atoms with Crippen molar-refractivity contribution in [3.05, 3.63) is 64.7 Å². The molecule has 2 rings (SSSR count). The van der Waals surface area contributed by atoms with Crippen LogP contribution >= 0.6 is 0 Å². The fourth-order valence-corrected chi connectivity index (χ4v) is 1.95. The molecule has 1 amide bonds. The zero-order valence-corrected chi connectivity index (χ0v) is 11.3. The van der Waals surface area contributed by atoms with Crippen molar-refractivity contribution in [2.75, 3.05) is 5.32 Å². The van der Waals surface area contributed by atoms with E-state index >= 15 is 0 Å². The van der Waals surface area contributed by atoms with Gasteiger partial charge in [-0.1, -0.05) is 18.2 Å². The summed E-state index contributed by atoms with van der Waals surface area (Å²) in [6.07, 6.45) is 0. The number of hydrogen-bond donors (Lipinski definition) is 2. The maximum Gasteiger partial charge on any atom is 0.336 e. The molecule has 0 aliphatic heterocycles. The van der Waals surface area contributed by atoms with Gasteiger partial charge in [-0.3, -0.25) is 4.79 Å². The monoisotopic (exact) mass is 269 g/mol. The Bertz CT molecular complexity index is 663. The minimum Gasteiger partial charge on any atom is -0.478 e. The number of nitrogens with one attached hydrogen (secondary N) is 1. The van der Waals surface area contributed by atoms with Crippen LogP contribution in [-0.2, 0) is 0 Å². The zero-order valence-electron chi connectivity index (χ0n) is 11.3. The van der Waals surface area contributed by atoms with Crippen molar-refractivity contribution < 1.29 is 14.7 Å². The van der Waals surface area contributed by atoms with Gasteiger partial charge in [-0.25, -0.2) is 4.79 Å². The molecule has 0 saturated heterocycles. The van der Waals surface area contributed by atoms with Crippen molar-refractivity contribution in [3.8, 4) is 0 Å². The third-order valence-electron chi connectivity index (χ3n) is 3.19. The van der Waals surface area contributed by atoms with E-state index in [9.17, 15) is 9.59 Å². The summed E-state index contributed by atoms with van der Waals surface area (Å²) in [5, 5.41) is 11.9. The van der Waals surface area contributed by atoms with Crippen molar-refractivity contribution in [1.29, 1.82) is 0 Å². The Balaban J connectivity index is 2.31. The van der Waals surface area contributed by atoms with E-state index in [0.717, 1.165) is 5.56 Å². The first-order valence-electron chi connectivity index (χ1n) is 6.20. The minimum atomic E-state index is -0.999. The Hall–Kier alpha value is -2.62. The zero-order chi connectivity index (χ0) is 14.7. The molecule has 0 bridgehead atoms. The lowest BCUT2D eigenvalue weighted by Gasteiger charge is -2.10. The first-order valence-corrected chi connectivity index (χ1v) is 6.20. The number of carbonyl (C=O) groups excluding carboxylic acids is 1. The van der Waals surface area contributed by atoms with Crippen LogP contribution in [0.25, 0.3) is 0 Å². The van der Waals surface area contributed by atoms with E-state index in [-0.39, 0.29) is 11.5 Å². The second kappa shape index (κ2) is 5.57. The molecule has 2 aromatic rings. The van der Waals surface area contributed by atoms with Crippen molar-refractivity contribution >= 4 is 17.6 Å². The predicted molar refractivity (Wildman–Crippen MR) is 77.3 cm³/mol. The SMILES string of the molecule is Cc1cc(NC(=O)c2ccccc2)cc(C(=O)O)c1C. The van der Waals surface area contributed by atoms with Crippen LogP contribution in [0.1, 0.15) is 31.8 Å². The molecule has 102 valence electrons. The van der Waals surface area contributed by atoms with E-state index in [0.29, 0.717) is 16.8 Å². The topological polar surface area (TPSA) is 66.4 Å². The summed E-state index contributed by atoms with van der Waals surface area (Å²) in [6.45, 7) is 3.57. The first-order chi connectivity index (χ1) is 9.49. The van der Waals surface area contributed by atoms with Crippen LogP contribution in [0.5, 0.6) is 0 Å². The summed E-state index contributed by atoms with van der Waals surface area (Å²) < 4.78 is 0. The molecule has 0 unspecified atom stereocenters. The molecule has 0 radical (unpaired) electrons. The Labute approximate surface area is 117 Å². The van der Waals surface area contributed by atoms with E-state index in [1.54, 1.807) is 37.3 Å². The highest BCUT2D eigenvalue weighted by Crippen LogP contribution is 2.20. The molecule has 0 aromatic heterocycles. The number of amides is 1. The molecule has 2 aromatic carbocycles. The lowest BCUT2D eigenvalue weighted by molar-refractivity contribution is 0.0695. The molecule has 0 aliphatic carbocycles. The number of carboxylic acids is 1. The van der Waals surface area contributed by atoms with Crippen LogP contribution in [0, 0.1) is 13.8 Å². The number of rotatable bonds is 3. The number of hydrogen-bond acceptors (Lipinski definition) is 2. The van der Waals surface area contributed by atoms with Crippen molar-refractivity contribution in [2.45, 2.75) is 13.8 Å². The lowest BCUT2D eigenvalue weighted by Crippen LogP contribution is -2.13. The number of anilines is 1. The molecule has 0 atom stereocenters. The summed E-state index contributed by atoms with van der Waals surface area (Å²) in [4.78, 5) is 23.2. The Morgan fingerprint density at radius 2 is 1.70 bits per heavy atom. The molecule has 4 nitrogen and oxygen atoms in total. The maximum atomic E-state index is 12.0. The fraction of sp³-hybridized carbons (Fsp3) is 0.125. The highest BCUT2D eigenvalue weighted by atomic mass is 16.4. The number of carboxylic acid groups (broad SMARTS) is 1. The predicted octanol–water partition coefficient (Wildman–Crippen LogP) is 3.25. The van der Waals surface area contributed by atoms with Gasteiger partial charge in [-0.2, -0.15) is 0 Å². The summed E-state index contributed by atoms with van der Waals surface area (Å²) in [5.74, 6) is -1.26. The molecule has 0 spiro atoms. The van der Waals surface area contributed by atoms with Gasteiger partial charge in [-0.05, 0) is 49.2 Å². The second-order valence-electron chi connectivity index (χ2n) is 4.59. The van der Waals surface area contributed by atoms with E-state index in [1.807, 2.05) is 13.0 Å². The van der Waals surface area contributed by atoms with Gasteiger partial charge in [0, 0.05) is 11.3 Å². The van der Waals surface area contributed by atoms with Gasteiger partial charge in [0.2, 0.25) is 0 Å². The van der Waals surface area contributed by atoms with Gasteiger partial charge in [0.1, 0.15) is 0 Å². The van der Waals surface area contributed by atoms with Crippen LogP contribution in [0.4, 0.5) is 5.69 Å². The van der Waals surface area contributed by atoms with Gasteiger partial charge in [0.05, 0.1) is 5.56 Å². The number of benzene rings is 2. The van der Waals surface area contributed by atoms with E-state index in [1.165, 1.54) is 6.07 Å². The fourth-order valence-electron chi connectivity index (χ4n) is 1.95. The third kappa shape index (κ3) is 2.85. The molecule has 2 N–H and O–H groups in total. The van der Waals surface area contributed by atoms with Crippen LogP contribution in [0.3, 0.4) is 0 Å². The van der Waals surface area contributed by atoms with Crippen molar-refractivity contribution in [3.63, 3.8) is 0 Å². The molecule has 0 aliphatic rings. The van der Waals surface area contributed by atoms with Gasteiger partial charge in [0.15, 0.2) is 0 Å². The quantitative estimate of drug-likeness (QED) is 0.898. The second-order valence-corrected chi connectivity index (χ2v) is 4.59. The molecule has 0 saturated carbocycles. The highest BCUT2D eigenvalue weighted by Gasteiger charge is 2.12. The van der Waals surface area contributed by atoms with Gasteiger partial charge < -0.3 is 10.4 Å². The van der Waals surface area contributed by atoms with E-state index in [2.05, 4.69) is 5.32 Å². The molecular formula is C16H15NO3.